The summed E-state index contributed by atoms with van der Waals surface area (Å²) < 4.78 is 39.5. The van der Waals surface area contributed by atoms with Crippen molar-refractivity contribution in [3.05, 3.63) is 58.5 Å². The summed E-state index contributed by atoms with van der Waals surface area (Å²) in [5.74, 6) is 0. The Bertz CT molecular complexity index is 1010. The molecule has 1 aliphatic heterocycles. The summed E-state index contributed by atoms with van der Waals surface area (Å²) in [5, 5.41) is 8.76. The molecule has 0 saturated heterocycles. The van der Waals surface area contributed by atoms with Crippen LogP contribution in [0.25, 0.3) is 6.08 Å². The van der Waals surface area contributed by atoms with Crippen LogP contribution in [0.3, 0.4) is 0 Å². The number of halogens is 1. The molecule has 0 saturated carbocycles. The van der Waals surface area contributed by atoms with Crippen LogP contribution in [-0.4, -0.2) is 18.5 Å². The molecule has 1 aliphatic rings. The minimum absolute atomic E-state index is 0.400. The fourth-order valence-electron chi connectivity index (χ4n) is 3.18. The second-order valence-electron chi connectivity index (χ2n) is 9.98. The predicted molar refractivity (Wildman–Crippen MR) is 128 cm³/mol. The minimum Gasteiger partial charge on any atom is -0.374 e. The van der Waals surface area contributed by atoms with Gasteiger partial charge in [0.15, 0.2) is 0 Å². The molecule has 1 unspecified atom stereocenters. The highest BCUT2D eigenvalue weighted by molar-refractivity contribution is 8.15. The zero-order valence-corrected chi connectivity index (χ0v) is 21.9. The number of hydrogen-bond acceptors (Lipinski definition) is 6. The average molecular weight is 493 g/mol. The summed E-state index contributed by atoms with van der Waals surface area (Å²) in [6.45, 7) is 12.5. The number of benzene rings is 1. The number of nitriles is 1. The molecule has 1 aromatic rings. The monoisotopic (exact) mass is 492 g/mol. The third-order valence-electron chi connectivity index (χ3n) is 4.97. The van der Waals surface area contributed by atoms with Gasteiger partial charge in [-0.1, -0.05) is 65.8 Å². The summed E-state index contributed by atoms with van der Waals surface area (Å²) in [7, 11) is -3.89. The molecule has 180 valence electrons. The Balaban J connectivity index is 2.43. The van der Waals surface area contributed by atoms with Crippen molar-refractivity contribution < 1.29 is 28.0 Å². The molecular formula is C25H33ClN2O4S. The molecule has 8 heteroatoms. The van der Waals surface area contributed by atoms with Gasteiger partial charge in [-0.3, -0.25) is 0 Å². The molecule has 0 aromatic heterocycles. The molecule has 33 heavy (non-hydrogen) atoms. The lowest BCUT2D eigenvalue weighted by Crippen LogP contribution is -2.60. The number of anilines is 1. The molecule has 1 atom stereocenters. The molecular weight excluding hydrogens is 460 g/mol. The molecule has 2 rings (SSSR count). The van der Waals surface area contributed by atoms with Crippen LogP contribution in [0.2, 0.25) is 0 Å². The van der Waals surface area contributed by atoms with Crippen LogP contribution in [-0.2, 0) is 3.74 Å². The Morgan fingerprint density at radius 3 is 2.09 bits per heavy atom. The van der Waals surface area contributed by atoms with E-state index in [-0.39, 0.29) is 0 Å². The van der Waals surface area contributed by atoms with Crippen molar-refractivity contribution in [3.8, 4) is 6.07 Å². The van der Waals surface area contributed by atoms with Crippen molar-refractivity contribution in [1.29, 1.82) is 5.26 Å². The first kappa shape index (κ1) is 27.3. The van der Waals surface area contributed by atoms with Crippen molar-refractivity contribution in [2.45, 2.75) is 48.0 Å². The Hall–Kier alpha value is -1.92. The molecule has 0 spiro atoms. The van der Waals surface area contributed by atoms with Crippen LogP contribution in [0.4, 0.5) is 5.69 Å². The average Bonchev–Trinajstić information content (AvgIpc) is 2.68. The summed E-state index contributed by atoms with van der Waals surface area (Å²) in [5.41, 5.74) is 2.16. The highest BCUT2D eigenvalue weighted by Gasteiger charge is 2.38. The standard InChI is InChI=1S/C25H33ClN2O4S/c1-24(2,3)22-17-20(18-23(25(4,5)6)33(22)32-26(29,30)31)10-9-19-11-13-21(14-12-19)28(7)16-8-15-27/h9-14,17-18H,8,16H2,1-7H3. The number of hydrogen-bond donors (Lipinski definition) is 0. The number of nitrogens with zero attached hydrogens (tertiary/aromatic N) is 2. The van der Waals surface area contributed by atoms with E-state index in [1.165, 1.54) is 0 Å². The zero-order chi connectivity index (χ0) is 25.0. The molecule has 0 radical (unpaired) electrons. The fraction of sp³-hybridized carbons (Fsp3) is 0.440. The van der Waals surface area contributed by atoms with Gasteiger partial charge in [0.05, 0.1) is 22.7 Å². The van der Waals surface area contributed by atoms with E-state index < -0.39 is 31.8 Å². The van der Waals surface area contributed by atoms with Crippen LogP contribution in [0, 0.1) is 32.4 Å². The predicted octanol–water partition coefficient (Wildman–Crippen LogP) is 3.24. The van der Waals surface area contributed by atoms with Gasteiger partial charge < -0.3 is 4.90 Å². The molecule has 6 nitrogen and oxygen atoms in total. The largest absolute Gasteiger partial charge is 0.374 e. The second-order valence-corrected chi connectivity index (χ2v) is 12.7. The lowest BCUT2D eigenvalue weighted by molar-refractivity contribution is -1.91. The minimum atomic E-state index is -4.57. The van der Waals surface area contributed by atoms with E-state index in [0.717, 1.165) is 26.6 Å². The van der Waals surface area contributed by atoms with Crippen LogP contribution < -0.4 is 18.9 Å². The SMILES string of the molecule is CN(CCC#N)c1ccc(C=CC2=CC(C(C)(C)C)=S(O[Cl+3]([O-])([O-])[O-])C(C(C)(C)C)=C2)cc1. The molecule has 0 fully saturated rings. The van der Waals surface area contributed by atoms with E-state index in [9.17, 15) is 14.0 Å². The lowest BCUT2D eigenvalue weighted by Gasteiger charge is -2.31. The van der Waals surface area contributed by atoms with E-state index in [1.54, 1.807) is 0 Å². The van der Waals surface area contributed by atoms with Gasteiger partial charge in [-0.05, 0) is 46.3 Å². The summed E-state index contributed by atoms with van der Waals surface area (Å²) >= 11 is 0. The van der Waals surface area contributed by atoms with Gasteiger partial charge in [0, 0.05) is 29.0 Å². The normalized spacial score (nSPS) is 17.6. The van der Waals surface area contributed by atoms with Gasteiger partial charge in [-0.25, -0.2) is 0 Å². The maximum absolute atomic E-state index is 11.5. The molecule has 1 aromatic carbocycles. The second kappa shape index (κ2) is 10.6. The maximum atomic E-state index is 11.5. The zero-order valence-electron chi connectivity index (χ0n) is 20.3. The van der Waals surface area contributed by atoms with Crippen molar-refractivity contribution in [3.63, 3.8) is 0 Å². The third kappa shape index (κ3) is 8.11. The van der Waals surface area contributed by atoms with Gasteiger partial charge in [-0.15, -0.1) is 0 Å². The Morgan fingerprint density at radius 1 is 1.00 bits per heavy atom. The molecule has 0 N–H and O–H groups in total. The molecule has 0 amide bonds. The first-order chi connectivity index (χ1) is 15.1. The van der Waals surface area contributed by atoms with E-state index in [1.807, 2.05) is 102 Å². The van der Waals surface area contributed by atoms with Crippen LogP contribution in [0.1, 0.15) is 53.5 Å². The molecule has 1 heterocycles. The topological polar surface area (TPSA) is 105 Å². The Morgan fingerprint density at radius 2 is 1.61 bits per heavy atom. The smallest absolute Gasteiger partial charge is 0.141 e. The van der Waals surface area contributed by atoms with Gasteiger partial charge in [0.1, 0.15) is 14.5 Å². The van der Waals surface area contributed by atoms with Crippen LogP contribution >= 0.6 is 10.8 Å². The lowest BCUT2D eigenvalue weighted by atomic mass is 9.89. The van der Waals surface area contributed by atoms with Gasteiger partial charge in [-0.2, -0.15) is 19.2 Å². The summed E-state index contributed by atoms with van der Waals surface area (Å²) in [4.78, 5) is 3.56. The first-order valence-electron chi connectivity index (χ1n) is 10.6. The molecule has 0 aliphatic carbocycles. The first-order valence-corrected chi connectivity index (χ1v) is 13.0. The highest BCUT2D eigenvalue weighted by atomic mass is 35.7. The Kier molecular flexibility index (Phi) is 8.74. The number of allylic oxidation sites excluding steroid dienone is 5. The highest BCUT2D eigenvalue weighted by Crippen LogP contribution is 2.48. The van der Waals surface area contributed by atoms with Crippen molar-refractivity contribution in [1.82, 2.24) is 0 Å². The fourth-order valence-corrected chi connectivity index (χ4v) is 6.18. The van der Waals surface area contributed by atoms with Gasteiger partial charge in [0.25, 0.3) is 0 Å². The number of rotatable bonds is 7. The van der Waals surface area contributed by atoms with Crippen LogP contribution in [0.5, 0.6) is 0 Å². The third-order valence-corrected chi connectivity index (χ3v) is 8.36. The maximum Gasteiger partial charge on any atom is 0.141 e. The van der Waals surface area contributed by atoms with Gasteiger partial charge in [0.2, 0.25) is 0 Å². The summed E-state index contributed by atoms with van der Waals surface area (Å²) in [6.07, 6.45) is 8.28. The van der Waals surface area contributed by atoms with Crippen molar-refractivity contribution in [2.24, 2.45) is 10.8 Å². The summed E-state index contributed by atoms with van der Waals surface area (Å²) in [6, 6.07) is 10.2. The van der Waals surface area contributed by atoms with Gasteiger partial charge >= 0.3 is 0 Å². The molecule has 0 bridgehead atoms. The van der Waals surface area contributed by atoms with E-state index in [2.05, 4.69) is 6.07 Å². The van der Waals surface area contributed by atoms with E-state index in [4.69, 9.17) is 9.00 Å². The quantitative estimate of drug-likeness (QED) is 0.541. The van der Waals surface area contributed by atoms with E-state index in [0.29, 0.717) is 13.0 Å². The Labute approximate surface area is 202 Å². The van der Waals surface area contributed by atoms with E-state index >= 15 is 0 Å². The van der Waals surface area contributed by atoms with Crippen LogP contribution in [0.15, 0.2) is 53.0 Å². The van der Waals surface area contributed by atoms with Crippen molar-refractivity contribution >= 4 is 27.4 Å². The van der Waals surface area contributed by atoms with Crippen molar-refractivity contribution in [2.75, 3.05) is 18.5 Å².